The number of hydrogen-bond acceptors (Lipinski definition) is 5. The van der Waals surface area contributed by atoms with E-state index in [4.69, 9.17) is 5.11 Å². The van der Waals surface area contributed by atoms with E-state index in [1.165, 1.54) is 11.8 Å². The molecule has 3 rings (SSSR count). The van der Waals surface area contributed by atoms with E-state index in [2.05, 4.69) is 15.3 Å². The summed E-state index contributed by atoms with van der Waals surface area (Å²) in [6.07, 6.45) is 3.58. The number of aliphatic imine (C=N–C) groups is 1. The van der Waals surface area contributed by atoms with Gasteiger partial charge in [0.1, 0.15) is 0 Å². The fourth-order valence-corrected chi connectivity index (χ4v) is 2.83. The average molecular weight is 299 g/mol. The normalized spacial score (nSPS) is 18.6. The van der Waals surface area contributed by atoms with E-state index >= 15 is 0 Å². The summed E-state index contributed by atoms with van der Waals surface area (Å²) in [6.45, 7) is 0.258. The van der Waals surface area contributed by atoms with Gasteiger partial charge < -0.3 is 10.4 Å². The molecule has 0 radical (unpaired) electrons. The zero-order valence-electron chi connectivity index (χ0n) is 11.1. The SMILES string of the molecule is O=C1NC(=NCCO)S/C1=C\c1ccc2ncccc2c1. The van der Waals surface area contributed by atoms with Gasteiger partial charge in [-0.15, -0.1) is 0 Å². The zero-order chi connectivity index (χ0) is 14.7. The van der Waals surface area contributed by atoms with Crippen molar-refractivity contribution in [3.63, 3.8) is 0 Å². The van der Waals surface area contributed by atoms with Crippen molar-refractivity contribution in [1.29, 1.82) is 0 Å². The number of thioether (sulfide) groups is 1. The molecule has 2 aromatic rings. The molecule has 1 fully saturated rings. The number of aliphatic hydroxyl groups excluding tert-OH is 1. The second-order valence-corrected chi connectivity index (χ2v) is 5.46. The number of carbonyl (C=O) groups excluding carboxylic acids is 1. The lowest BCUT2D eigenvalue weighted by atomic mass is 10.1. The third-order valence-corrected chi connectivity index (χ3v) is 3.88. The van der Waals surface area contributed by atoms with Gasteiger partial charge in [-0.25, -0.2) is 0 Å². The van der Waals surface area contributed by atoms with Crippen LogP contribution in [0.25, 0.3) is 17.0 Å². The van der Waals surface area contributed by atoms with Crippen LogP contribution >= 0.6 is 11.8 Å². The number of amidine groups is 1. The minimum absolute atomic E-state index is 0.0311. The summed E-state index contributed by atoms with van der Waals surface area (Å²) in [7, 11) is 0. The largest absolute Gasteiger partial charge is 0.394 e. The average Bonchev–Trinajstić information content (AvgIpc) is 2.85. The highest BCUT2D eigenvalue weighted by Gasteiger charge is 2.23. The van der Waals surface area contributed by atoms with Gasteiger partial charge in [0, 0.05) is 11.6 Å². The van der Waals surface area contributed by atoms with Crippen LogP contribution in [0.3, 0.4) is 0 Å². The first-order valence-electron chi connectivity index (χ1n) is 6.47. The molecule has 0 aliphatic carbocycles. The van der Waals surface area contributed by atoms with Crippen molar-refractivity contribution in [1.82, 2.24) is 10.3 Å². The molecular formula is C15H13N3O2S. The van der Waals surface area contributed by atoms with Gasteiger partial charge in [-0.05, 0) is 41.6 Å². The summed E-state index contributed by atoms with van der Waals surface area (Å²) in [4.78, 5) is 20.8. The maximum atomic E-state index is 11.9. The smallest absolute Gasteiger partial charge is 0.264 e. The third kappa shape index (κ3) is 3.12. The van der Waals surface area contributed by atoms with Crippen molar-refractivity contribution in [2.75, 3.05) is 13.2 Å². The number of fused-ring (bicyclic) bond motifs is 1. The van der Waals surface area contributed by atoms with Crippen LogP contribution < -0.4 is 5.32 Å². The van der Waals surface area contributed by atoms with E-state index in [1.807, 2.05) is 36.4 Å². The maximum Gasteiger partial charge on any atom is 0.264 e. The monoisotopic (exact) mass is 299 g/mol. The number of benzene rings is 1. The van der Waals surface area contributed by atoms with Crippen LogP contribution in [-0.4, -0.2) is 34.3 Å². The van der Waals surface area contributed by atoms with Crippen LogP contribution in [0.15, 0.2) is 46.4 Å². The number of amides is 1. The van der Waals surface area contributed by atoms with Crippen molar-refractivity contribution >= 4 is 39.8 Å². The quantitative estimate of drug-likeness (QED) is 0.847. The predicted octanol–water partition coefficient (Wildman–Crippen LogP) is 1.79. The molecule has 1 aromatic heterocycles. The van der Waals surface area contributed by atoms with E-state index in [0.29, 0.717) is 10.1 Å². The van der Waals surface area contributed by atoms with Crippen LogP contribution in [0.5, 0.6) is 0 Å². The lowest BCUT2D eigenvalue weighted by Crippen LogP contribution is -2.20. The van der Waals surface area contributed by atoms with Gasteiger partial charge >= 0.3 is 0 Å². The molecule has 0 spiro atoms. The number of nitrogens with zero attached hydrogens (tertiary/aromatic N) is 2. The Kier molecular flexibility index (Phi) is 3.98. The lowest BCUT2D eigenvalue weighted by molar-refractivity contribution is -0.115. The first-order chi connectivity index (χ1) is 10.3. The molecule has 0 saturated carbocycles. The van der Waals surface area contributed by atoms with E-state index in [-0.39, 0.29) is 19.1 Å². The number of aliphatic hydroxyl groups is 1. The molecule has 21 heavy (non-hydrogen) atoms. The van der Waals surface area contributed by atoms with Crippen LogP contribution in [0.1, 0.15) is 5.56 Å². The second kappa shape index (κ2) is 6.07. The number of nitrogens with one attached hydrogen (secondary N) is 1. The molecule has 6 heteroatoms. The Morgan fingerprint density at radius 3 is 3.14 bits per heavy atom. The van der Waals surface area contributed by atoms with Crippen LogP contribution in [-0.2, 0) is 4.79 Å². The fraction of sp³-hybridized carbons (Fsp3) is 0.133. The van der Waals surface area contributed by atoms with Crippen molar-refractivity contribution in [3.8, 4) is 0 Å². The first-order valence-corrected chi connectivity index (χ1v) is 7.29. The number of carbonyl (C=O) groups is 1. The predicted molar refractivity (Wildman–Crippen MR) is 84.8 cm³/mol. The molecule has 106 valence electrons. The Labute approximate surface area is 125 Å². The van der Waals surface area contributed by atoms with Crippen LogP contribution in [0.4, 0.5) is 0 Å². The summed E-state index contributed by atoms with van der Waals surface area (Å²) in [5.41, 5.74) is 1.87. The lowest BCUT2D eigenvalue weighted by Gasteiger charge is -1.99. The van der Waals surface area contributed by atoms with Crippen molar-refractivity contribution in [2.45, 2.75) is 0 Å². The Hall–Kier alpha value is -2.18. The van der Waals surface area contributed by atoms with Crippen molar-refractivity contribution in [3.05, 3.63) is 47.0 Å². The number of aromatic nitrogens is 1. The van der Waals surface area contributed by atoms with Gasteiger partial charge in [-0.3, -0.25) is 14.8 Å². The standard InChI is InChI=1S/C15H13N3O2S/c19-7-6-17-15-18-14(20)13(21-15)9-10-3-4-12-11(8-10)2-1-5-16-12/h1-5,8-9,19H,6-7H2,(H,17,18,20)/b13-9-. The van der Waals surface area contributed by atoms with Crippen molar-refractivity contribution < 1.29 is 9.90 Å². The van der Waals surface area contributed by atoms with Crippen LogP contribution in [0, 0.1) is 0 Å². The molecule has 0 atom stereocenters. The Morgan fingerprint density at radius 2 is 2.29 bits per heavy atom. The number of rotatable bonds is 3. The summed E-state index contributed by atoms with van der Waals surface area (Å²) in [5.74, 6) is -0.164. The molecular weight excluding hydrogens is 286 g/mol. The minimum atomic E-state index is -0.164. The van der Waals surface area contributed by atoms with Crippen LogP contribution in [0.2, 0.25) is 0 Å². The van der Waals surface area contributed by atoms with Gasteiger partial charge in [0.05, 0.1) is 23.6 Å². The van der Waals surface area contributed by atoms with Gasteiger partial charge in [0.15, 0.2) is 5.17 Å². The summed E-state index contributed by atoms with van der Waals surface area (Å²) in [5, 5.41) is 13.0. The van der Waals surface area contributed by atoms with Gasteiger partial charge in [0.25, 0.3) is 5.91 Å². The van der Waals surface area contributed by atoms with E-state index in [0.717, 1.165) is 16.5 Å². The number of hydrogen-bond donors (Lipinski definition) is 2. The molecule has 2 heterocycles. The van der Waals surface area contributed by atoms with E-state index in [9.17, 15) is 4.79 Å². The topological polar surface area (TPSA) is 74.6 Å². The molecule has 1 aliphatic heterocycles. The van der Waals surface area contributed by atoms with Gasteiger partial charge in [0.2, 0.25) is 0 Å². The first kappa shape index (κ1) is 13.8. The summed E-state index contributed by atoms with van der Waals surface area (Å²) >= 11 is 1.28. The molecule has 5 nitrogen and oxygen atoms in total. The molecule has 0 bridgehead atoms. The molecule has 1 amide bonds. The Balaban J connectivity index is 1.88. The highest BCUT2D eigenvalue weighted by molar-refractivity contribution is 8.18. The molecule has 0 unspecified atom stereocenters. The second-order valence-electron chi connectivity index (χ2n) is 4.43. The highest BCUT2D eigenvalue weighted by Crippen LogP contribution is 2.26. The van der Waals surface area contributed by atoms with Gasteiger partial charge in [-0.1, -0.05) is 12.1 Å². The summed E-state index contributed by atoms with van der Waals surface area (Å²) in [6, 6.07) is 9.72. The maximum absolute atomic E-state index is 11.9. The minimum Gasteiger partial charge on any atom is -0.394 e. The molecule has 1 aliphatic rings. The molecule has 1 saturated heterocycles. The third-order valence-electron chi connectivity index (χ3n) is 2.93. The Bertz CT molecular complexity index is 755. The zero-order valence-corrected chi connectivity index (χ0v) is 11.9. The van der Waals surface area contributed by atoms with Crippen molar-refractivity contribution in [2.24, 2.45) is 4.99 Å². The Morgan fingerprint density at radius 1 is 1.38 bits per heavy atom. The molecule has 2 N–H and O–H groups in total. The fourth-order valence-electron chi connectivity index (χ4n) is 1.99. The van der Waals surface area contributed by atoms with Gasteiger partial charge in [-0.2, -0.15) is 0 Å². The van der Waals surface area contributed by atoms with E-state index in [1.54, 1.807) is 6.20 Å². The van der Waals surface area contributed by atoms with E-state index < -0.39 is 0 Å². The summed E-state index contributed by atoms with van der Waals surface area (Å²) < 4.78 is 0. The molecule has 1 aromatic carbocycles. The highest BCUT2D eigenvalue weighted by atomic mass is 32.2. The number of pyridine rings is 1.